The van der Waals surface area contributed by atoms with Crippen molar-refractivity contribution in [3.05, 3.63) is 29.3 Å². The molecule has 1 aromatic carbocycles. The Hall–Kier alpha value is -1.22. The maximum atomic E-state index is 10.9. The van der Waals surface area contributed by atoms with E-state index >= 15 is 0 Å². The van der Waals surface area contributed by atoms with Crippen molar-refractivity contribution in [1.82, 2.24) is 5.32 Å². The second-order valence-corrected chi connectivity index (χ2v) is 12.2. The number of quaternary nitrogens is 1. The number of nitrogens with one attached hydrogen (secondary N) is 1. The zero-order valence-electron chi connectivity index (χ0n) is 21.8. The van der Waals surface area contributed by atoms with E-state index in [1.165, 1.54) is 57.2 Å². The molecule has 5 aliphatic rings. The summed E-state index contributed by atoms with van der Waals surface area (Å²) in [5.41, 5.74) is 2.46. The molecule has 0 amide bonds. The van der Waals surface area contributed by atoms with Gasteiger partial charge in [-0.05, 0) is 68.6 Å². The van der Waals surface area contributed by atoms with Crippen molar-refractivity contribution in [3.63, 3.8) is 0 Å². The molecule has 3 saturated heterocycles. The minimum absolute atomic E-state index is 0.432. The fraction of sp³-hybridized carbons (Fsp3) is 0.793. The average molecular weight is 502 g/mol. The molecule has 36 heavy (non-hydrogen) atoms. The Morgan fingerprint density at radius 1 is 0.778 bits per heavy atom. The maximum Gasteiger partial charge on any atom is 0.234 e. The lowest BCUT2D eigenvalue weighted by Crippen LogP contribution is -2.59. The van der Waals surface area contributed by atoms with Gasteiger partial charge in [0.05, 0.1) is 19.1 Å². The van der Waals surface area contributed by atoms with E-state index in [-0.39, 0.29) is 0 Å². The number of likely N-dealkylation sites (tertiary alicyclic amines) is 1. The largest absolute Gasteiger partial charge is 0.507 e. The van der Waals surface area contributed by atoms with Crippen LogP contribution >= 0.6 is 0 Å². The number of hydrogen-bond donors (Lipinski definition) is 2. The van der Waals surface area contributed by atoms with Crippen LogP contribution in [0.2, 0.25) is 0 Å². The van der Waals surface area contributed by atoms with E-state index in [1.54, 1.807) is 0 Å². The number of phenols is 1. The van der Waals surface area contributed by atoms with Crippen molar-refractivity contribution in [2.45, 2.75) is 120 Å². The summed E-state index contributed by atoms with van der Waals surface area (Å²) in [5, 5.41) is 14.4. The number of hydrogen-bond acceptors (Lipinski definition) is 6. The highest BCUT2D eigenvalue weighted by Gasteiger charge is 2.51. The fourth-order valence-electron chi connectivity index (χ4n) is 7.62. The van der Waals surface area contributed by atoms with Gasteiger partial charge < -0.3 is 14.9 Å². The van der Waals surface area contributed by atoms with Crippen LogP contribution in [0.3, 0.4) is 0 Å². The molecule has 0 radical (unpaired) electrons. The fourth-order valence-corrected chi connectivity index (χ4v) is 7.62. The second kappa shape index (κ2) is 10.5. The molecule has 0 atom stereocenters. The van der Waals surface area contributed by atoms with E-state index in [4.69, 9.17) is 19.6 Å². The summed E-state index contributed by atoms with van der Waals surface area (Å²) in [5.74, 6) is -0.590. The van der Waals surface area contributed by atoms with Gasteiger partial charge in [0.1, 0.15) is 12.3 Å². The topological polar surface area (TPSA) is 69.2 Å². The van der Waals surface area contributed by atoms with Crippen LogP contribution in [0.4, 0.5) is 0 Å². The highest BCUT2D eigenvalue weighted by molar-refractivity contribution is 5.37. The van der Waals surface area contributed by atoms with Crippen LogP contribution in [0.15, 0.2) is 18.2 Å². The number of rotatable bonds is 4. The number of piperidine rings is 2. The molecule has 1 aromatic rings. The molecule has 0 aromatic heterocycles. The first kappa shape index (κ1) is 25.1. The highest BCUT2D eigenvalue weighted by atomic mass is 17.4. The van der Waals surface area contributed by atoms with Crippen molar-refractivity contribution < 1.29 is 29.1 Å². The first-order valence-electron chi connectivity index (χ1n) is 14.7. The van der Waals surface area contributed by atoms with Crippen molar-refractivity contribution in [3.8, 4) is 5.75 Å². The lowest BCUT2D eigenvalue weighted by atomic mass is 9.80. The average Bonchev–Trinajstić information content (AvgIpc) is 2.94. The third-order valence-corrected chi connectivity index (χ3v) is 9.90. The van der Waals surface area contributed by atoms with Crippen LogP contribution in [0.5, 0.6) is 5.75 Å². The van der Waals surface area contributed by atoms with Gasteiger partial charge in [-0.15, -0.1) is 0 Å². The van der Waals surface area contributed by atoms with Gasteiger partial charge in [0.15, 0.2) is 0 Å². The zero-order chi connectivity index (χ0) is 24.5. The van der Waals surface area contributed by atoms with E-state index in [0.717, 1.165) is 81.0 Å². The summed E-state index contributed by atoms with van der Waals surface area (Å²) < 4.78 is 1.16. The molecule has 3 aliphatic heterocycles. The van der Waals surface area contributed by atoms with Gasteiger partial charge in [0.2, 0.25) is 11.6 Å². The minimum atomic E-state index is -0.781. The quantitative estimate of drug-likeness (QED) is 0.415. The highest BCUT2D eigenvalue weighted by Crippen LogP contribution is 2.47. The van der Waals surface area contributed by atoms with Crippen LogP contribution in [0.1, 0.15) is 107 Å². The van der Waals surface area contributed by atoms with Crippen molar-refractivity contribution >= 4 is 0 Å². The molecule has 7 nitrogen and oxygen atoms in total. The molecular formula is C29H45N2O5+. The minimum Gasteiger partial charge on any atom is -0.507 e. The Morgan fingerprint density at radius 2 is 1.39 bits per heavy atom. The number of benzene rings is 1. The molecule has 2 N–H and O–H groups in total. The summed E-state index contributed by atoms with van der Waals surface area (Å²) in [6.07, 6.45) is 14.9. The molecule has 2 spiro atoms. The molecule has 0 bridgehead atoms. The van der Waals surface area contributed by atoms with Crippen LogP contribution < -0.4 is 5.32 Å². The van der Waals surface area contributed by atoms with Crippen LogP contribution in [-0.2, 0) is 26.1 Å². The van der Waals surface area contributed by atoms with E-state index < -0.39 is 11.6 Å². The predicted molar refractivity (Wildman–Crippen MR) is 136 cm³/mol. The van der Waals surface area contributed by atoms with Crippen LogP contribution in [0, 0.1) is 0 Å². The third kappa shape index (κ3) is 5.07. The second-order valence-electron chi connectivity index (χ2n) is 12.2. The van der Waals surface area contributed by atoms with Gasteiger partial charge in [-0.25, -0.2) is 0 Å². The molecule has 2 aliphatic carbocycles. The van der Waals surface area contributed by atoms with Crippen LogP contribution in [-0.4, -0.2) is 53.4 Å². The summed E-state index contributed by atoms with van der Waals surface area (Å²) in [4.78, 5) is 23.5. The Balaban J connectivity index is 1.12. The molecule has 7 heteroatoms. The Labute approximate surface area is 215 Å². The third-order valence-electron chi connectivity index (χ3n) is 9.90. The number of aromatic hydroxyl groups is 1. The molecule has 3 heterocycles. The van der Waals surface area contributed by atoms with Gasteiger partial charge in [0, 0.05) is 57.2 Å². The summed E-state index contributed by atoms with van der Waals surface area (Å²) >= 11 is 0. The van der Waals surface area contributed by atoms with E-state index in [2.05, 4.69) is 17.4 Å². The van der Waals surface area contributed by atoms with Gasteiger partial charge in [-0.1, -0.05) is 12.5 Å². The van der Waals surface area contributed by atoms with E-state index in [1.807, 2.05) is 6.07 Å². The van der Waals surface area contributed by atoms with Gasteiger partial charge in [-0.2, -0.15) is 19.6 Å². The predicted octanol–water partition coefficient (Wildman–Crippen LogP) is 5.57. The van der Waals surface area contributed by atoms with Crippen molar-refractivity contribution in [2.24, 2.45) is 0 Å². The van der Waals surface area contributed by atoms with Gasteiger partial charge in [-0.3, -0.25) is 0 Å². The van der Waals surface area contributed by atoms with E-state index in [9.17, 15) is 5.11 Å². The molecular weight excluding hydrogens is 456 g/mol. The number of phenolic OH excluding ortho intramolecular Hbond substituents is 1. The van der Waals surface area contributed by atoms with Crippen molar-refractivity contribution in [1.29, 1.82) is 0 Å². The zero-order valence-corrected chi connectivity index (χ0v) is 21.8. The van der Waals surface area contributed by atoms with Gasteiger partial charge >= 0.3 is 0 Å². The van der Waals surface area contributed by atoms with Crippen molar-refractivity contribution in [2.75, 3.05) is 26.2 Å². The molecule has 5 fully saturated rings. The van der Waals surface area contributed by atoms with E-state index in [0.29, 0.717) is 17.7 Å². The Bertz CT molecular complexity index is 870. The SMILES string of the molecule is Oc1ccc(C2CCC3(CC2)OOC2(CCCCC2)OO3)cc1C[N+]1(C2CCNCC2)CCCCC1. The lowest BCUT2D eigenvalue weighted by molar-refractivity contribution is -0.968. The smallest absolute Gasteiger partial charge is 0.234 e. The summed E-state index contributed by atoms with van der Waals surface area (Å²) in [6, 6.07) is 7.07. The standard InChI is InChI=1S/C29H44N2O5/c32-27-8-7-24(21-25(27)22-31(19-5-2-6-20-31)26-11-17-30-18-12-26)23-9-15-29(16-10-23)35-33-28(34-36-29)13-3-1-4-14-28/h7-8,21,23,26,30H,1-6,9-20,22H2/p+1. The number of nitrogens with zero attached hydrogens (tertiary/aromatic N) is 1. The monoisotopic (exact) mass is 501 g/mol. The first-order chi connectivity index (χ1) is 17.6. The first-order valence-corrected chi connectivity index (χ1v) is 14.7. The Kier molecular flexibility index (Phi) is 7.32. The molecule has 0 unspecified atom stereocenters. The van der Waals surface area contributed by atoms with Crippen LogP contribution in [0.25, 0.3) is 0 Å². The maximum absolute atomic E-state index is 10.9. The normalized spacial score (nSPS) is 28.9. The summed E-state index contributed by atoms with van der Waals surface area (Å²) in [6.45, 7) is 5.70. The molecule has 2 saturated carbocycles. The lowest BCUT2D eigenvalue weighted by Gasteiger charge is -2.49. The Morgan fingerprint density at radius 3 is 2.06 bits per heavy atom. The molecule has 6 rings (SSSR count). The van der Waals surface area contributed by atoms with Gasteiger partial charge in [0.25, 0.3) is 0 Å². The summed E-state index contributed by atoms with van der Waals surface area (Å²) in [7, 11) is 0. The molecule has 200 valence electrons.